The van der Waals surface area contributed by atoms with Crippen molar-refractivity contribution >= 4 is 11.4 Å². The Bertz CT molecular complexity index is 524. The van der Waals surface area contributed by atoms with Crippen LogP contribution in [-0.4, -0.2) is 38.2 Å². The molecule has 1 N–H and O–H groups in total. The topological polar surface area (TPSA) is 74.6 Å². The third-order valence-electron chi connectivity index (χ3n) is 3.49. The predicted octanol–water partition coefficient (Wildman–Crippen LogP) is 0.191. The van der Waals surface area contributed by atoms with Crippen LogP contribution in [0.15, 0.2) is 18.2 Å². The van der Waals surface area contributed by atoms with E-state index >= 15 is 0 Å². The van der Waals surface area contributed by atoms with E-state index in [0.717, 1.165) is 38.3 Å². The number of non-ortho nitro benzene ring substituents is 1. The molecule has 1 aliphatic heterocycles. The molecule has 6 heteroatoms. The Labute approximate surface area is 112 Å². The molecule has 0 amide bonds. The van der Waals surface area contributed by atoms with Gasteiger partial charge in [0.1, 0.15) is 6.07 Å². The summed E-state index contributed by atoms with van der Waals surface area (Å²) in [6, 6.07) is 6.59. The molecule has 6 nitrogen and oxygen atoms in total. The van der Waals surface area contributed by atoms with Gasteiger partial charge in [-0.15, -0.1) is 0 Å². The van der Waals surface area contributed by atoms with Crippen LogP contribution >= 0.6 is 0 Å². The van der Waals surface area contributed by atoms with Crippen LogP contribution in [0.5, 0.6) is 0 Å². The Morgan fingerprint density at radius 2 is 2.21 bits per heavy atom. The van der Waals surface area contributed by atoms with Gasteiger partial charge in [0.25, 0.3) is 5.69 Å². The number of likely N-dealkylation sites (N-methyl/N-ethyl adjacent to an activating group) is 1. The molecule has 1 aliphatic rings. The number of nitrogens with zero attached hydrogens (tertiary/aromatic N) is 3. The minimum Gasteiger partial charge on any atom is -0.365 e. The van der Waals surface area contributed by atoms with Crippen LogP contribution in [0.3, 0.4) is 0 Å². The van der Waals surface area contributed by atoms with Gasteiger partial charge in [-0.1, -0.05) is 0 Å². The van der Waals surface area contributed by atoms with E-state index in [0.29, 0.717) is 5.56 Å². The minimum atomic E-state index is -0.467. The number of nitro benzene ring substituents is 1. The van der Waals surface area contributed by atoms with E-state index in [-0.39, 0.29) is 5.69 Å². The van der Waals surface area contributed by atoms with Gasteiger partial charge in [-0.25, -0.2) is 0 Å². The minimum absolute atomic E-state index is 0.0298. The summed E-state index contributed by atoms with van der Waals surface area (Å²) in [5.41, 5.74) is 1.16. The van der Waals surface area contributed by atoms with Crippen molar-refractivity contribution in [2.24, 2.45) is 0 Å². The average Bonchev–Trinajstić information content (AvgIpc) is 2.62. The molecule has 1 unspecified atom stereocenters. The van der Waals surface area contributed by atoms with Gasteiger partial charge in [-0.3, -0.25) is 10.1 Å². The molecule has 0 radical (unpaired) electrons. The molecule has 1 atom stereocenters. The summed E-state index contributed by atoms with van der Waals surface area (Å²) < 4.78 is 0. The van der Waals surface area contributed by atoms with Crippen molar-refractivity contribution in [3.8, 4) is 6.07 Å². The maximum Gasteiger partial charge on any atom is 0.270 e. The second-order valence-corrected chi connectivity index (χ2v) is 4.87. The van der Waals surface area contributed by atoms with Crippen molar-refractivity contribution in [1.82, 2.24) is 0 Å². The van der Waals surface area contributed by atoms with E-state index in [9.17, 15) is 15.4 Å². The van der Waals surface area contributed by atoms with Gasteiger partial charge in [-0.2, -0.15) is 5.26 Å². The van der Waals surface area contributed by atoms with Crippen LogP contribution in [0, 0.1) is 21.4 Å². The molecule has 19 heavy (non-hydrogen) atoms. The smallest absolute Gasteiger partial charge is 0.270 e. The Balaban J connectivity index is 2.29. The second-order valence-electron chi connectivity index (χ2n) is 4.87. The first-order valence-corrected chi connectivity index (χ1v) is 6.36. The standard InChI is InChI=1S/C13H16N4O2/c1-15-5-2-6-16(8-7-15)13-4-3-12(17(18)19)9-11(13)10-14/h3-4,9H,2,5-8H2,1H3/p+1. The van der Waals surface area contributed by atoms with Crippen molar-refractivity contribution < 1.29 is 9.82 Å². The van der Waals surface area contributed by atoms with E-state index in [1.807, 2.05) is 0 Å². The maximum atomic E-state index is 10.7. The molecule has 1 aromatic rings. The van der Waals surface area contributed by atoms with Crippen molar-refractivity contribution in [2.75, 3.05) is 38.1 Å². The highest BCUT2D eigenvalue weighted by Gasteiger charge is 2.19. The molecule has 1 aromatic carbocycles. The highest BCUT2D eigenvalue weighted by atomic mass is 16.6. The van der Waals surface area contributed by atoms with Gasteiger partial charge >= 0.3 is 0 Å². The predicted molar refractivity (Wildman–Crippen MR) is 71.3 cm³/mol. The van der Waals surface area contributed by atoms with Gasteiger partial charge < -0.3 is 9.80 Å². The fourth-order valence-electron chi connectivity index (χ4n) is 2.38. The van der Waals surface area contributed by atoms with E-state index in [4.69, 9.17) is 0 Å². The molecule has 0 aromatic heterocycles. The second kappa shape index (κ2) is 5.67. The number of nitriles is 1. The summed E-state index contributed by atoms with van der Waals surface area (Å²) >= 11 is 0. The highest BCUT2D eigenvalue weighted by molar-refractivity contribution is 5.63. The van der Waals surface area contributed by atoms with Crippen molar-refractivity contribution in [2.45, 2.75) is 6.42 Å². The van der Waals surface area contributed by atoms with Crippen LogP contribution in [0.2, 0.25) is 0 Å². The molecule has 1 fully saturated rings. The fourth-order valence-corrected chi connectivity index (χ4v) is 2.38. The molecule has 1 saturated heterocycles. The first-order valence-electron chi connectivity index (χ1n) is 6.36. The Kier molecular flexibility index (Phi) is 3.97. The molecule has 0 aliphatic carbocycles. The zero-order chi connectivity index (χ0) is 13.8. The normalized spacial score (nSPS) is 19.6. The van der Waals surface area contributed by atoms with Crippen molar-refractivity contribution in [3.05, 3.63) is 33.9 Å². The third-order valence-corrected chi connectivity index (χ3v) is 3.49. The molecule has 100 valence electrons. The van der Waals surface area contributed by atoms with Gasteiger partial charge in [-0.05, 0) is 6.07 Å². The summed E-state index contributed by atoms with van der Waals surface area (Å²) in [5.74, 6) is 0. The average molecular weight is 261 g/mol. The third kappa shape index (κ3) is 3.01. The quantitative estimate of drug-likeness (QED) is 0.609. The number of benzene rings is 1. The largest absolute Gasteiger partial charge is 0.365 e. The molecular formula is C13H17N4O2+. The number of hydrogen-bond acceptors (Lipinski definition) is 4. The van der Waals surface area contributed by atoms with Crippen molar-refractivity contribution in [3.63, 3.8) is 0 Å². The number of hydrogen-bond donors (Lipinski definition) is 1. The first-order chi connectivity index (χ1) is 9.11. The summed E-state index contributed by atoms with van der Waals surface area (Å²) in [6.45, 7) is 3.90. The molecule has 0 saturated carbocycles. The number of nitro groups is 1. The van der Waals surface area contributed by atoms with Gasteiger partial charge in [0.15, 0.2) is 0 Å². The lowest BCUT2D eigenvalue weighted by atomic mass is 10.1. The lowest BCUT2D eigenvalue weighted by Gasteiger charge is -2.22. The molecule has 1 heterocycles. The monoisotopic (exact) mass is 261 g/mol. The SMILES string of the molecule is C[NH+]1CCCN(c2ccc([N+](=O)[O-])cc2C#N)CC1. The zero-order valence-electron chi connectivity index (χ0n) is 10.9. The van der Waals surface area contributed by atoms with Crippen molar-refractivity contribution in [1.29, 1.82) is 5.26 Å². The lowest BCUT2D eigenvalue weighted by Crippen LogP contribution is -3.09. The molecule has 2 rings (SSSR count). The summed E-state index contributed by atoms with van der Waals surface area (Å²) in [5, 5.41) is 19.9. The number of anilines is 1. The Morgan fingerprint density at radius 1 is 1.42 bits per heavy atom. The van der Waals surface area contributed by atoms with Crippen LogP contribution < -0.4 is 9.80 Å². The maximum absolute atomic E-state index is 10.7. The van der Waals surface area contributed by atoms with Crippen LogP contribution in [0.25, 0.3) is 0 Å². The summed E-state index contributed by atoms with van der Waals surface area (Å²) in [4.78, 5) is 13.9. The van der Waals surface area contributed by atoms with Gasteiger partial charge in [0.2, 0.25) is 0 Å². The van der Waals surface area contributed by atoms with Gasteiger partial charge in [0.05, 0.1) is 42.9 Å². The molecule has 0 bridgehead atoms. The van der Waals surface area contributed by atoms with E-state index in [1.165, 1.54) is 17.0 Å². The summed E-state index contributed by atoms with van der Waals surface area (Å²) in [7, 11) is 2.16. The zero-order valence-corrected chi connectivity index (χ0v) is 10.9. The molecular weight excluding hydrogens is 244 g/mol. The number of quaternary nitrogens is 1. The fraction of sp³-hybridized carbons (Fsp3) is 0.462. The van der Waals surface area contributed by atoms with Crippen LogP contribution in [0.1, 0.15) is 12.0 Å². The Morgan fingerprint density at radius 3 is 2.89 bits per heavy atom. The lowest BCUT2D eigenvalue weighted by molar-refractivity contribution is -0.876. The van der Waals surface area contributed by atoms with Crippen LogP contribution in [0.4, 0.5) is 11.4 Å². The highest BCUT2D eigenvalue weighted by Crippen LogP contribution is 2.25. The van der Waals surface area contributed by atoms with E-state index < -0.39 is 4.92 Å². The Hall–Kier alpha value is -2.13. The number of nitrogens with one attached hydrogen (secondary N) is 1. The van der Waals surface area contributed by atoms with E-state index in [1.54, 1.807) is 6.07 Å². The van der Waals surface area contributed by atoms with Gasteiger partial charge in [0, 0.05) is 25.1 Å². The van der Waals surface area contributed by atoms with E-state index in [2.05, 4.69) is 18.0 Å². The van der Waals surface area contributed by atoms with Crippen LogP contribution in [-0.2, 0) is 0 Å². The first kappa shape index (κ1) is 13.3. The number of rotatable bonds is 2. The molecule has 0 spiro atoms. The summed E-state index contributed by atoms with van der Waals surface area (Å²) in [6.07, 6.45) is 1.06.